The van der Waals surface area contributed by atoms with Gasteiger partial charge in [0.05, 0.1) is 12.1 Å². The largest absolute Gasteiger partial charge is 0.416 e. The van der Waals surface area contributed by atoms with Gasteiger partial charge in [0.25, 0.3) is 0 Å². The Kier molecular flexibility index (Phi) is 4.95. The normalized spacial score (nSPS) is 17.1. The van der Waals surface area contributed by atoms with Crippen LogP contribution in [0.3, 0.4) is 0 Å². The summed E-state index contributed by atoms with van der Waals surface area (Å²) in [7, 11) is 0. The van der Waals surface area contributed by atoms with Gasteiger partial charge in [0.15, 0.2) is 0 Å². The second-order valence-corrected chi connectivity index (χ2v) is 6.47. The van der Waals surface area contributed by atoms with Gasteiger partial charge in [0.1, 0.15) is 6.54 Å². The third kappa shape index (κ3) is 3.81. The van der Waals surface area contributed by atoms with E-state index in [1.807, 2.05) is 0 Å². The molecule has 3 rings (SSSR count). The van der Waals surface area contributed by atoms with Crippen LogP contribution in [-0.4, -0.2) is 58.6 Å². The van der Waals surface area contributed by atoms with Crippen LogP contribution in [0.25, 0.3) is 0 Å². The molecule has 0 radical (unpaired) electrons. The number of hydrogen-bond acceptors (Lipinski definition) is 3. The van der Waals surface area contributed by atoms with E-state index in [1.54, 1.807) is 6.07 Å². The summed E-state index contributed by atoms with van der Waals surface area (Å²) in [4.78, 5) is 40.2. The van der Waals surface area contributed by atoms with E-state index in [4.69, 9.17) is 0 Å². The van der Waals surface area contributed by atoms with Gasteiger partial charge >= 0.3 is 6.18 Å². The molecular formula is C18H18F3N3O3. The molecule has 0 spiro atoms. The van der Waals surface area contributed by atoms with Crippen LogP contribution in [0.4, 0.5) is 13.2 Å². The molecule has 1 fully saturated rings. The molecule has 1 aromatic rings. The van der Waals surface area contributed by atoms with E-state index in [2.05, 4.69) is 6.58 Å². The van der Waals surface area contributed by atoms with Gasteiger partial charge in [0, 0.05) is 26.2 Å². The SMILES string of the molecule is C=CC(=O)N1CCN(CC(=O)N2Cc3cccc(C(F)(F)F)c3C2)C(=O)C1. The van der Waals surface area contributed by atoms with Gasteiger partial charge in [-0.1, -0.05) is 18.7 Å². The van der Waals surface area contributed by atoms with Gasteiger partial charge < -0.3 is 14.7 Å². The molecule has 0 aliphatic carbocycles. The van der Waals surface area contributed by atoms with Crippen LogP contribution in [0.1, 0.15) is 16.7 Å². The molecule has 1 saturated heterocycles. The van der Waals surface area contributed by atoms with Crippen molar-refractivity contribution in [2.24, 2.45) is 0 Å². The number of piperazine rings is 1. The molecule has 9 heteroatoms. The minimum atomic E-state index is -4.48. The van der Waals surface area contributed by atoms with Crippen LogP contribution >= 0.6 is 0 Å². The number of halogens is 3. The molecule has 27 heavy (non-hydrogen) atoms. The highest BCUT2D eigenvalue weighted by Crippen LogP contribution is 2.37. The van der Waals surface area contributed by atoms with Crippen LogP contribution in [0.15, 0.2) is 30.9 Å². The lowest BCUT2D eigenvalue weighted by atomic mass is 10.0. The number of nitrogens with zero attached hydrogens (tertiary/aromatic N) is 3. The van der Waals surface area contributed by atoms with Crippen molar-refractivity contribution in [1.29, 1.82) is 0 Å². The summed E-state index contributed by atoms with van der Waals surface area (Å²) >= 11 is 0. The predicted molar refractivity (Wildman–Crippen MR) is 89.1 cm³/mol. The Bertz CT molecular complexity index is 807. The Morgan fingerprint density at radius 2 is 1.85 bits per heavy atom. The van der Waals surface area contributed by atoms with Crippen LogP contribution in [-0.2, 0) is 33.6 Å². The summed E-state index contributed by atoms with van der Waals surface area (Å²) in [6.07, 6.45) is -3.36. The van der Waals surface area contributed by atoms with Crippen molar-refractivity contribution in [3.05, 3.63) is 47.5 Å². The maximum Gasteiger partial charge on any atom is 0.416 e. The highest BCUT2D eigenvalue weighted by molar-refractivity contribution is 5.93. The van der Waals surface area contributed by atoms with Crippen molar-refractivity contribution in [3.63, 3.8) is 0 Å². The molecule has 0 bridgehead atoms. The zero-order chi connectivity index (χ0) is 19.8. The van der Waals surface area contributed by atoms with Gasteiger partial charge in [-0.3, -0.25) is 14.4 Å². The second-order valence-electron chi connectivity index (χ2n) is 6.47. The Morgan fingerprint density at radius 1 is 1.11 bits per heavy atom. The number of carbonyl (C=O) groups is 3. The van der Waals surface area contributed by atoms with Crippen molar-refractivity contribution in [3.8, 4) is 0 Å². The standard InChI is InChI=1S/C18H18F3N3O3/c1-2-15(25)22-6-7-23(16(26)10-22)11-17(27)24-8-12-4-3-5-14(13(12)9-24)18(19,20)21/h2-5H,1,6-11H2. The molecule has 6 nitrogen and oxygen atoms in total. The Morgan fingerprint density at radius 3 is 2.48 bits per heavy atom. The summed E-state index contributed by atoms with van der Waals surface area (Å²) in [6.45, 7) is 3.43. The zero-order valence-electron chi connectivity index (χ0n) is 14.5. The van der Waals surface area contributed by atoms with Gasteiger partial charge in [-0.15, -0.1) is 0 Å². The summed E-state index contributed by atoms with van der Waals surface area (Å²) in [5.74, 6) is -1.15. The van der Waals surface area contributed by atoms with Crippen molar-refractivity contribution in [2.75, 3.05) is 26.2 Å². The van der Waals surface area contributed by atoms with Gasteiger partial charge in [-0.2, -0.15) is 13.2 Å². The fraction of sp³-hybridized carbons (Fsp3) is 0.389. The van der Waals surface area contributed by atoms with E-state index in [0.717, 1.165) is 12.1 Å². The number of amides is 3. The highest BCUT2D eigenvalue weighted by Gasteiger charge is 2.38. The molecule has 1 aromatic carbocycles. The van der Waals surface area contributed by atoms with Crippen molar-refractivity contribution < 1.29 is 27.6 Å². The summed E-state index contributed by atoms with van der Waals surface area (Å²) < 4.78 is 39.4. The third-order valence-corrected chi connectivity index (χ3v) is 4.77. The Balaban J connectivity index is 1.64. The second kappa shape index (κ2) is 7.05. The van der Waals surface area contributed by atoms with E-state index in [1.165, 1.54) is 20.8 Å². The number of carbonyl (C=O) groups excluding carboxylic acids is 3. The van der Waals surface area contributed by atoms with E-state index in [9.17, 15) is 27.6 Å². The fourth-order valence-corrected chi connectivity index (χ4v) is 3.32. The number of fused-ring (bicyclic) bond motifs is 1. The first kappa shape index (κ1) is 18.9. The van der Waals surface area contributed by atoms with E-state index < -0.39 is 17.6 Å². The number of hydrogen-bond donors (Lipinski definition) is 0. The molecular weight excluding hydrogens is 363 g/mol. The highest BCUT2D eigenvalue weighted by atomic mass is 19.4. The van der Waals surface area contributed by atoms with Crippen LogP contribution in [0.5, 0.6) is 0 Å². The smallest absolute Gasteiger partial charge is 0.332 e. The average Bonchev–Trinajstić information content (AvgIpc) is 3.06. The lowest BCUT2D eigenvalue weighted by Gasteiger charge is -2.34. The van der Waals surface area contributed by atoms with Crippen LogP contribution < -0.4 is 0 Å². The van der Waals surface area contributed by atoms with E-state index in [0.29, 0.717) is 5.56 Å². The molecule has 144 valence electrons. The average molecular weight is 381 g/mol. The zero-order valence-corrected chi connectivity index (χ0v) is 14.5. The maximum absolute atomic E-state index is 13.1. The van der Waals surface area contributed by atoms with E-state index in [-0.39, 0.29) is 56.6 Å². The summed E-state index contributed by atoms with van der Waals surface area (Å²) in [5, 5.41) is 0. The lowest BCUT2D eigenvalue weighted by molar-refractivity contribution is -0.147. The first-order valence-corrected chi connectivity index (χ1v) is 8.35. The topological polar surface area (TPSA) is 60.9 Å². The van der Waals surface area contributed by atoms with Gasteiger partial charge in [-0.25, -0.2) is 0 Å². The minimum Gasteiger partial charge on any atom is -0.332 e. The monoisotopic (exact) mass is 381 g/mol. The quantitative estimate of drug-likeness (QED) is 0.744. The molecule has 2 aliphatic heterocycles. The van der Waals surface area contributed by atoms with Crippen molar-refractivity contribution in [1.82, 2.24) is 14.7 Å². The van der Waals surface area contributed by atoms with Crippen molar-refractivity contribution in [2.45, 2.75) is 19.3 Å². The first-order valence-electron chi connectivity index (χ1n) is 8.35. The van der Waals surface area contributed by atoms with Crippen molar-refractivity contribution >= 4 is 17.7 Å². The Labute approximate surface area is 153 Å². The molecule has 2 heterocycles. The molecule has 3 amide bonds. The third-order valence-electron chi connectivity index (χ3n) is 4.77. The fourth-order valence-electron chi connectivity index (χ4n) is 3.32. The lowest BCUT2D eigenvalue weighted by Crippen LogP contribution is -2.54. The molecule has 0 N–H and O–H groups in total. The molecule has 0 unspecified atom stereocenters. The molecule has 0 saturated carbocycles. The molecule has 0 aromatic heterocycles. The summed E-state index contributed by atoms with van der Waals surface area (Å²) in [5.41, 5.74) is -0.167. The van der Waals surface area contributed by atoms with E-state index >= 15 is 0 Å². The molecule has 2 aliphatic rings. The molecule has 0 atom stereocenters. The first-order chi connectivity index (χ1) is 12.7. The number of rotatable bonds is 3. The maximum atomic E-state index is 13.1. The number of benzene rings is 1. The van der Waals surface area contributed by atoms with Crippen LogP contribution in [0.2, 0.25) is 0 Å². The minimum absolute atomic E-state index is 0.0845. The van der Waals surface area contributed by atoms with Gasteiger partial charge in [-0.05, 0) is 23.3 Å². The summed E-state index contributed by atoms with van der Waals surface area (Å²) in [6, 6.07) is 3.91. The van der Waals surface area contributed by atoms with Crippen LogP contribution in [0, 0.1) is 0 Å². The Hall–Kier alpha value is -2.84. The predicted octanol–water partition coefficient (Wildman–Crippen LogP) is 1.40. The number of alkyl halides is 3. The van der Waals surface area contributed by atoms with Gasteiger partial charge in [0.2, 0.25) is 17.7 Å².